The maximum Gasteiger partial charge on any atom is 0.337 e. The molecule has 1 heterocycles. The molecule has 0 saturated carbocycles. The van der Waals surface area contributed by atoms with E-state index in [1.807, 2.05) is 30.5 Å². The minimum absolute atomic E-state index is 0.129. The molecule has 1 aromatic heterocycles. The molecule has 0 aliphatic carbocycles. The summed E-state index contributed by atoms with van der Waals surface area (Å²) in [6.07, 6.45) is 1.73. The maximum atomic E-state index is 12.4. The number of carbonyl (C=O) groups is 2. The van der Waals surface area contributed by atoms with Crippen LogP contribution in [0.3, 0.4) is 0 Å². The SMILES string of the molecule is C=CCn1c(COc2cc(C)c(Cl)c(C)c2)nnc1SCC(=O)Nc1ccc(C(=O)OC)cc1. The van der Waals surface area contributed by atoms with Crippen LogP contribution in [0.1, 0.15) is 27.3 Å². The number of allylic oxidation sites excluding steroid dienone is 1. The van der Waals surface area contributed by atoms with Crippen LogP contribution in [0, 0.1) is 13.8 Å². The van der Waals surface area contributed by atoms with Gasteiger partial charge in [0.15, 0.2) is 11.0 Å². The van der Waals surface area contributed by atoms with Crippen molar-refractivity contribution in [3.8, 4) is 5.75 Å². The van der Waals surface area contributed by atoms with Crippen LogP contribution in [-0.4, -0.2) is 39.5 Å². The number of esters is 1. The third-order valence-corrected chi connectivity index (χ3v) is 6.37. The van der Waals surface area contributed by atoms with E-state index in [0.717, 1.165) is 16.1 Å². The van der Waals surface area contributed by atoms with Gasteiger partial charge in [-0.2, -0.15) is 0 Å². The van der Waals surface area contributed by atoms with Gasteiger partial charge in [-0.15, -0.1) is 16.8 Å². The summed E-state index contributed by atoms with van der Waals surface area (Å²) in [5.41, 5.74) is 2.86. The Bertz CT molecular complexity index is 1170. The Labute approximate surface area is 207 Å². The summed E-state index contributed by atoms with van der Waals surface area (Å²) >= 11 is 7.48. The number of anilines is 1. The van der Waals surface area contributed by atoms with Crippen LogP contribution in [0.4, 0.5) is 5.69 Å². The summed E-state index contributed by atoms with van der Waals surface area (Å²) in [4.78, 5) is 23.9. The first-order chi connectivity index (χ1) is 16.3. The smallest absolute Gasteiger partial charge is 0.337 e. The number of carbonyl (C=O) groups excluding carboxylic acids is 2. The summed E-state index contributed by atoms with van der Waals surface area (Å²) in [5, 5.41) is 12.5. The van der Waals surface area contributed by atoms with Gasteiger partial charge in [-0.1, -0.05) is 29.4 Å². The molecule has 0 atom stereocenters. The number of nitrogens with zero attached hydrogens (tertiary/aromatic N) is 3. The van der Waals surface area contributed by atoms with Crippen molar-refractivity contribution in [2.75, 3.05) is 18.2 Å². The molecular formula is C24H25ClN4O4S. The number of hydrogen-bond donors (Lipinski definition) is 1. The highest BCUT2D eigenvalue weighted by molar-refractivity contribution is 7.99. The van der Waals surface area contributed by atoms with E-state index in [4.69, 9.17) is 16.3 Å². The highest BCUT2D eigenvalue weighted by atomic mass is 35.5. The summed E-state index contributed by atoms with van der Waals surface area (Å²) in [6.45, 7) is 8.33. The van der Waals surface area contributed by atoms with Crippen molar-refractivity contribution >= 4 is 40.9 Å². The molecular weight excluding hydrogens is 476 g/mol. The van der Waals surface area contributed by atoms with E-state index in [0.29, 0.717) is 34.5 Å². The molecule has 1 amide bonds. The molecule has 3 rings (SSSR count). The van der Waals surface area contributed by atoms with Gasteiger partial charge in [0.1, 0.15) is 12.4 Å². The molecule has 0 radical (unpaired) electrons. The molecule has 178 valence electrons. The molecule has 2 aromatic carbocycles. The Kier molecular flexibility index (Phi) is 8.72. The molecule has 0 saturated heterocycles. The topological polar surface area (TPSA) is 95.3 Å². The Balaban J connectivity index is 1.61. The number of hydrogen-bond acceptors (Lipinski definition) is 7. The number of amides is 1. The lowest BCUT2D eigenvalue weighted by Crippen LogP contribution is -2.15. The van der Waals surface area contributed by atoms with Gasteiger partial charge < -0.3 is 14.8 Å². The molecule has 0 fully saturated rings. The number of rotatable bonds is 10. The van der Waals surface area contributed by atoms with Crippen LogP contribution in [0.5, 0.6) is 5.75 Å². The normalized spacial score (nSPS) is 10.6. The minimum atomic E-state index is -0.434. The lowest BCUT2D eigenvalue weighted by Gasteiger charge is -2.11. The Morgan fingerprint density at radius 2 is 1.85 bits per heavy atom. The predicted octanol–water partition coefficient (Wildman–Crippen LogP) is 4.83. The molecule has 8 nitrogen and oxygen atoms in total. The maximum absolute atomic E-state index is 12.4. The van der Waals surface area contributed by atoms with E-state index in [1.54, 1.807) is 30.3 Å². The number of ether oxygens (including phenoxy) is 2. The Morgan fingerprint density at radius 3 is 2.47 bits per heavy atom. The third kappa shape index (κ3) is 6.39. The number of benzene rings is 2. The van der Waals surface area contributed by atoms with Crippen LogP contribution in [0.15, 0.2) is 54.2 Å². The van der Waals surface area contributed by atoms with E-state index < -0.39 is 5.97 Å². The standard InChI is InChI=1S/C24H25ClN4O4S/c1-5-10-29-20(13-33-19-11-15(2)22(25)16(3)12-19)27-28-24(29)34-14-21(30)26-18-8-6-17(7-9-18)23(31)32-4/h5-9,11-12H,1,10,13-14H2,2-4H3,(H,26,30). The average Bonchev–Trinajstić information content (AvgIpc) is 3.21. The number of aromatic nitrogens is 3. The minimum Gasteiger partial charge on any atom is -0.486 e. The molecule has 1 N–H and O–H groups in total. The first-order valence-corrected chi connectivity index (χ1v) is 11.7. The van der Waals surface area contributed by atoms with Crippen molar-refractivity contribution in [1.29, 1.82) is 0 Å². The number of methoxy groups -OCH3 is 1. The largest absolute Gasteiger partial charge is 0.486 e. The van der Waals surface area contributed by atoms with Crippen molar-refractivity contribution in [2.45, 2.75) is 32.2 Å². The monoisotopic (exact) mass is 500 g/mol. The van der Waals surface area contributed by atoms with E-state index in [9.17, 15) is 9.59 Å². The van der Waals surface area contributed by atoms with Crippen LogP contribution in [0.25, 0.3) is 0 Å². The Hall–Kier alpha value is -3.30. The fraction of sp³-hybridized carbons (Fsp3) is 0.250. The van der Waals surface area contributed by atoms with Gasteiger partial charge in [0.2, 0.25) is 5.91 Å². The van der Waals surface area contributed by atoms with Crippen molar-refractivity contribution in [2.24, 2.45) is 0 Å². The van der Waals surface area contributed by atoms with Gasteiger partial charge in [-0.05, 0) is 61.4 Å². The van der Waals surface area contributed by atoms with Gasteiger partial charge in [-0.3, -0.25) is 9.36 Å². The average molecular weight is 501 g/mol. The zero-order valence-electron chi connectivity index (χ0n) is 19.1. The van der Waals surface area contributed by atoms with E-state index in [1.165, 1.54) is 18.9 Å². The molecule has 10 heteroatoms. The molecule has 0 bridgehead atoms. The van der Waals surface area contributed by atoms with Crippen molar-refractivity contribution in [3.63, 3.8) is 0 Å². The number of halogens is 1. The number of aryl methyl sites for hydroxylation is 2. The highest BCUT2D eigenvalue weighted by Crippen LogP contribution is 2.26. The molecule has 34 heavy (non-hydrogen) atoms. The van der Waals surface area contributed by atoms with Gasteiger partial charge in [0.05, 0.1) is 18.4 Å². The van der Waals surface area contributed by atoms with Crippen LogP contribution in [-0.2, 0) is 22.7 Å². The number of thioether (sulfide) groups is 1. The summed E-state index contributed by atoms with van der Waals surface area (Å²) in [5.74, 6) is 0.792. The summed E-state index contributed by atoms with van der Waals surface area (Å²) < 4.78 is 12.4. The van der Waals surface area contributed by atoms with E-state index in [-0.39, 0.29) is 18.3 Å². The fourth-order valence-electron chi connectivity index (χ4n) is 3.12. The second-order valence-corrected chi connectivity index (χ2v) is 8.68. The highest BCUT2D eigenvalue weighted by Gasteiger charge is 2.15. The molecule has 0 aliphatic rings. The zero-order chi connectivity index (χ0) is 24.7. The summed E-state index contributed by atoms with van der Waals surface area (Å²) in [7, 11) is 1.32. The lowest BCUT2D eigenvalue weighted by molar-refractivity contribution is -0.113. The van der Waals surface area contributed by atoms with Crippen LogP contribution >= 0.6 is 23.4 Å². The molecule has 0 unspecified atom stereocenters. The quantitative estimate of drug-likeness (QED) is 0.242. The van der Waals surface area contributed by atoms with Crippen molar-refractivity contribution in [1.82, 2.24) is 14.8 Å². The Morgan fingerprint density at radius 1 is 1.18 bits per heavy atom. The lowest BCUT2D eigenvalue weighted by atomic mass is 10.1. The van der Waals surface area contributed by atoms with Gasteiger partial charge in [0, 0.05) is 17.3 Å². The van der Waals surface area contributed by atoms with Gasteiger partial charge in [0.25, 0.3) is 0 Å². The molecule has 3 aromatic rings. The predicted molar refractivity (Wildman–Crippen MR) is 133 cm³/mol. The fourth-order valence-corrected chi connectivity index (χ4v) is 3.99. The summed E-state index contributed by atoms with van der Waals surface area (Å²) in [6, 6.07) is 10.2. The van der Waals surface area contributed by atoms with Crippen LogP contribution in [0.2, 0.25) is 5.02 Å². The molecule has 0 spiro atoms. The second kappa shape index (κ2) is 11.7. The molecule has 0 aliphatic heterocycles. The van der Waals surface area contributed by atoms with Crippen LogP contribution < -0.4 is 10.1 Å². The first-order valence-electron chi connectivity index (χ1n) is 10.4. The third-order valence-electron chi connectivity index (χ3n) is 4.81. The second-order valence-electron chi connectivity index (χ2n) is 7.36. The number of nitrogens with one attached hydrogen (secondary N) is 1. The van der Waals surface area contributed by atoms with E-state index in [2.05, 4.69) is 26.8 Å². The van der Waals surface area contributed by atoms with Gasteiger partial charge >= 0.3 is 5.97 Å². The van der Waals surface area contributed by atoms with E-state index >= 15 is 0 Å². The van der Waals surface area contributed by atoms with Crippen molar-refractivity contribution < 1.29 is 19.1 Å². The zero-order valence-corrected chi connectivity index (χ0v) is 20.7. The van der Waals surface area contributed by atoms with Crippen molar-refractivity contribution in [3.05, 3.63) is 76.6 Å². The first kappa shape index (κ1) is 25.3. The van der Waals surface area contributed by atoms with Gasteiger partial charge in [-0.25, -0.2) is 4.79 Å².